The second kappa shape index (κ2) is 8.17. The predicted molar refractivity (Wildman–Crippen MR) is 90.9 cm³/mol. The Kier molecular flexibility index (Phi) is 6.23. The number of carbonyl (C=O) groups is 1. The molecule has 0 aliphatic heterocycles. The number of esters is 1. The summed E-state index contributed by atoms with van der Waals surface area (Å²) in [6.07, 6.45) is 0. The van der Waals surface area contributed by atoms with Crippen LogP contribution >= 0.6 is 11.6 Å². The fourth-order valence-corrected chi connectivity index (χ4v) is 3.52. The highest BCUT2D eigenvalue weighted by molar-refractivity contribution is 7.90. The molecule has 2 aromatic carbocycles. The summed E-state index contributed by atoms with van der Waals surface area (Å²) < 4.78 is 35.2. The van der Waals surface area contributed by atoms with Crippen LogP contribution in [0.4, 0.5) is 0 Å². The van der Waals surface area contributed by atoms with Gasteiger partial charge in [-0.25, -0.2) is 13.2 Å². The third-order valence-corrected chi connectivity index (χ3v) is 5.08. The Balaban J connectivity index is 2.17. The van der Waals surface area contributed by atoms with Crippen molar-refractivity contribution in [3.8, 4) is 5.75 Å². The molecule has 0 radical (unpaired) electrons. The Bertz CT molecular complexity index is 800. The van der Waals surface area contributed by atoms with Crippen LogP contribution in [0.25, 0.3) is 0 Å². The molecule has 2 aromatic rings. The molecule has 0 unspecified atom stereocenters. The van der Waals surface area contributed by atoms with Gasteiger partial charge in [0.05, 0.1) is 17.3 Å². The number of hydrogen-bond donors (Lipinski definition) is 0. The third kappa shape index (κ3) is 4.97. The number of rotatable bonds is 7. The minimum atomic E-state index is -3.56. The number of hydrogen-bond acceptors (Lipinski definition) is 5. The van der Waals surface area contributed by atoms with E-state index in [0.29, 0.717) is 16.3 Å². The van der Waals surface area contributed by atoms with Crippen LogP contribution in [-0.4, -0.2) is 27.6 Å². The Hall–Kier alpha value is -2.05. The zero-order valence-corrected chi connectivity index (χ0v) is 14.6. The molecule has 0 saturated carbocycles. The fraction of sp³-hybridized carbons (Fsp3) is 0.235. The average Bonchev–Trinajstić information content (AvgIpc) is 2.54. The molecule has 0 aliphatic carbocycles. The van der Waals surface area contributed by atoms with Gasteiger partial charge >= 0.3 is 5.97 Å². The Labute approximate surface area is 146 Å². The summed E-state index contributed by atoms with van der Waals surface area (Å²) in [5.74, 6) is -0.413. The van der Waals surface area contributed by atoms with Gasteiger partial charge < -0.3 is 9.47 Å². The quantitative estimate of drug-likeness (QED) is 0.701. The van der Waals surface area contributed by atoms with Crippen molar-refractivity contribution >= 4 is 27.4 Å². The lowest BCUT2D eigenvalue weighted by Gasteiger charge is -2.11. The Morgan fingerprint density at radius 3 is 2.42 bits per heavy atom. The van der Waals surface area contributed by atoms with E-state index in [1.807, 2.05) is 0 Å². The van der Waals surface area contributed by atoms with Crippen LogP contribution in [0.3, 0.4) is 0 Å². The van der Waals surface area contributed by atoms with Crippen molar-refractivity contribution in [3.05, 3.63) is 59.1 Å². The van der Waals surface area contributed by atoms with E-state index in [1.165, 1.54) is 24.3 Å². The first-order chi connectivity index (χ1) is 11.4. The highest BCUT2D eigenvalue weighted by Crippen LogP contribution is 2.24. The molecule has 24 heavy (non-hydrogen) atoms. The zero-order valence-electron chi connectivity index (χ0n) is 13.1. The molecule has 0 amide bonds. The van der Waals surface area contributed by atoms with E-state index in [0.717, 1.165) is 0 Å². The molecule has 5 nitrogen and oxygen atoms in total. The van der Waals surface area contributed by atoms with Gasteiger partial charge in [0.2, 0.25) is 0 Å². The van der Waals surface area contributed by atoms with Gasteiger partial charge in [0, 0.05) is 10.6 Å². The van der Waals surface area contributed by atoms with Crippen molar-refractivity contribution in [3.63, 3.8) is 0 Å². The molecular weight excluding hydrogens is 352 g/mol. The number of halogens is 1. The molecule has 0 atom stereocenters. The van der Waals surface area contributed by atoms with Crippen LogP contribution in [0.5, 0.6) is 5.75 Å². The maximum absolute atomic E-state index is 12.5. The smallest absolute Gasteiger partial charge is 0.344 e. The maximum Gasteiger partial charge on any atom is 0.344 e. The van der Waals surface area contributed by atoms with Gasteiger partial charge in [-0.1, -0.05) is 29.8 Å². The van der Waals surface area contributed by atoms with Gasteiger partial charge in [-0.3, -0.25) is 0 Å². The van der Waals surface area contributed by atoms with E-state index in [9.17, 15) is 13.2 Å². The Morgan fingerprint density at radius 1 is 1.08 bits per heavy atom. The second-order valence-corrected chi connectivity index (χ2v) is 7.34. The monoisotopic (exact) mass is 368 g/mol. The lowest BCUT2D eigenvalue weighted by molar-refractivity contribution is -0.145. The first-order valence-corrected chi connectivity index (χ1v) is 9.30. The van der Waals surface area contributed by atoms with Gasteiger partial charge in [-0.15, -0.1) is 0 Å². The third-order valence-electron chi connectivity index (χ3n) is 3.14. The van der Waals surface area contributed by atoms with Crippen LogP contribution in [0.2, 0.25) is 5.02 Å². The molecule has 7 heteroatoms. The minimum Gasteiger partial charge on any atom is -0.482 e. The number of carbonyl (C=O) groups excluding carboxylic acids is 1. The van der Waals surface area contributed by atoms with Crippen molar-refractivity contribution in [1.29, 1.82) is 0 Å². The van der Waals surface area contributed by atoms with Crippen molar-refractivity contribution in [1.82, 2.24) is 0 Å². The van der Waals surface area contributed by atoms with Crippen LogP contribution < -0.4 is 4.74 Å². The topological polar surface area (TPSA) is 69.7 Å². The molecule has 0 heterocycles. The molecule has 0 aliphatic rings. The van der Waals surface area contributed by atoms with Gasteiger partial charge in [0.25, 0.3) is 0 Å². The summed E-state index contributed by atoms with van der Waals surface area (Å²) in [6, 6.07) is 12.7. The van der Waals surface area contributed by atoms with Crippen molar-refractivity contribution in [2.45, 2.75) is 17.6 Å². The predicted octanol–water partition coefficient (Wildman–Crippen LogP) is 3.26. The molecule has 0 aromatic heterocycles. The lowest BCUT2D eigenvalue weighted by atomic mass is 10.2. The first kappa shape index (κ1) is 18.3. The highest BCUT2D eigenvalue weighted by Gasteiger charge is 2.18. The van der Waals surface area contributed by atoms with Crippen molar-refractivity contribution in [2.75, 3.05) is 13.2 Å². The molecule has 2 rings (SSSR count). The maximum atomic E-state index is 12.5. The standard InChI is InChI=1S/C17H17ClO5S/c1-2-22-17(19)11-23-16-6-4-3-5-13(16)12-24(20,21)15-9-7-14(18)8-10-15/h3-10H,2,11-12H2,1H3. The number of sulfone groups is 1. The molecule has 0 N–H and O–H groups in total. The molecule has 0 fully saturated rings. The molecule has 128 valence electrons. The molecular formula is C17H17ClO5S. The number of ether oxygens (including phenoxy) is 2. The summed E-state index contributed by atoms with van der Waals surface area (Å²) in [5, 5.41) is 0.465. The summed E-state index contributed by atoms with van der Waals surface area (Å²) in [4.78, 5) is 11.6. The van der Waals surface area contributed by atoms with Crippen LogP contribution in [0.1, 0.15) is 12.5 Å². The summed E-state index contributed by atoms with van der Waals surface area (Å²) in [7, 11) is -3.56. The summed E-state index contributed by atoms with van der Waals surface area (Å²) >= 11 is 5.79. The van der Waals surface area contributed by atoms with E-state index in [-0.39, 0.29) is 23.9 Å². The van der Waals surface area contributed by atoms with Crippen molar-refractivity contribution < 1.29 is 22.7 Å². The first-order valence-electron chi connectivity index (χ1n) is 7.27. The van der Waals surface area contributed by atoms with E-state index < -0.39 is 15.8 Å². The average molecular weight is 369 g/mol. The van der Waals surface area contributed by atoms with Crippen molar-refractivity contribution in [2.24, 2.45) is 0 Å². The zero-order chi connectivity index (χ0) is 17.6. The van der Waals surface area contributed by atoms with Gasteiger partial charge in [0.15, 0.2) is 16.4 Å². The van der Waals surface area contributed by atoms with Gasteiger partial charge in [-0.2, -0.15) is 0 Å². The number of para-hydroxylation sites is 1. The second-order valence-electron chi connectivity index (χ2n) is 4.91. The summed E-state index contributed by atoms with van der Waals surface area (Å²) in [6.45, 7) is 1.69. The Morgan fingerprint density at radius 2 is 1.75 bits per heavy atom. The fourth-order valence-electron chi connectivity index (χ4n) is 2.03. The molecule has 0 spiro atoms. The molecule has 0 saturated heterocycles. The van der Waals surface area contributed by atoms with E-state index in [2.05, 4.69) is 0 Å². The largest absolute Gasteiger partial charge is 0.482 e. The highest BCUT2D eigenvalue weighted by atomic mass is 35.5. The van der Waals surface area contributed by atoms with Crippen LogP contribution in [0, 0.1) is 0 Å². The number of benzene rings is 2. The van der Waals surface area contributed by atoms with Gasteiger partial charge in [-0.05, 0) is 37.3 Å². The van der Waals surface area contributed by atoms with E-state index in [4.69, 9.17) is 21.1 Å². The van der Waals surface area contributed by atoms with Gasteiger partial charge in [0.1, 0.15) is 5.75 Å². The molecule has 0 bridgehead atoms. The SMILES string of the molecule is CCOC(=O)COc1ccccc1CS(=O)(=O)c1ccc(Cl)cc1. The normalized spacial score (nSPS) is 11.1. The van der Waals surface area contributed by atoms with Crippen LogP contribution in [0.15, 0.2) is 53.4 Å². The minimum absolute atomic E-state index is 0.173. The van der Waals surface area contributed by atoms with E-state index in [1.54, 1.807) is 31.2 Å². The van der Waals surface area contributed by atoms with Crippen LogP contribution in [-0.2, 0) is 25.1 Å². The summed E-state index contributed by atoms with van der Waals surface area (Å²) in [5.41, 5.74) is 0.469. The lowest BCUT2D eigenvalue weighted by Crippen LogP contribution is -2.15. The van der Waals surface area contributed by atoms with E-state index >= 15 is 0 Å².